The van der Waals surface area contributed by atoms with Gasteiger partial charge in [-0.05, 0) is 28.0 Å². The molecular weight excluding hydrogens is 326 g/mol. The van der Waals surface area contributed by atoms with Gasteiger partial charge in [-0.1, -0.05) is 41.5 Å². The average molecular weight is 356 g/mol. The van der Waals surface area contributed by atoms with Gasteiger partial charge in [0.25, 0.3) is 0 Å². The summed E-state index contributed by atoms with van der Waals surface area (Å²) in [6.45, 7) is 11.9. The fourth-order valence-electron chi connectivity index (χ4n) is 2.21. The van der Waals surface area contributed by atoms with Crippen LogP contribution < -0.4 is 5.48 Å². The molecule has 1 N–H and O–H groups in total. The summed E-state index contributed by atoms with van der Waals surface area (Å²) in [5.41, 5.74) is 2.26. The summed E-state index contributed by atoms with van der Waals surface area (Å²) in [7, 11) is 0. The van der Waals surface area contributed by atoms with Crippen LogP contribution in [0.3, 0.4) is 0 Å². The number of quaternary nitrogens is 1. The number of hydroxylamine groups is 1. The number of Topliss-reactive ketones (excluding diaryl/α,β-unsaturated/α-hetero) is 1. The Morgan fingerprint density at radius 1 is 1.12 bits per heavy atom. The van der Waals surface area contributed by atoms with Crippen LogP contribution in [-0.2, 0) is 14.4 Å². The van der Waals surface area contributed by atoms with Crippen molar-refractivity contribution in [1.29, 1.82) is 0 Å². The standard InChI is InChI=1S/C17H29N3O5/c1-11(2)7-8-14(21)15-18-20(9-12(3)4,17(23)25-15)16(22)19-24-10-13(5)6/h11-13H,7-10H2,1-6H3/p+1. The molecule has 25 heavy (non-hydrogen) atoms. The minimum Gasteiger partial charge on any atom is -0.350 e. The molecule has 0 saturated carbocycles. The number of cyclic esters (lactones) is 1. The van der Waals surface area contributed by atoms with Gasteiger partial charge in [-0.3, -0.25) is 9.63 Å². The van der Waals surface area contributed by atoms with Crippen LogP contribution in [0.5, 0.6) is 0 Å². The van der Waals surface area contributed by atoms with Crippen LogP contribution in [0.15, 0.2) is 5.10 Å². The van der Waals surface area contributed by atoms with E-state index in [2.05, 4.69) is 10.6 Å². The number of ketones is 1. The van der Waals surface area contributed by atoms with Gasteiger partial charge in [0.2, 0.25) is 5.78 Å². The zero-order chi connectivity index (χ0) is 19.2. The van der Waals surface area contributed by atoms with Gasteiger partial charge in [0.1, 0.15) is 6.54 Å². The Morgan fingerprint density at radius 3 is 2.28 bits per heavy atom. The molecule has 1 aliphatic heterocycles. The number of urea groups is 1. The number of nitrogens with one attached hydrogen (secondary N) is 1. The molecule has 1 aliphatic rings. The predicted molar refractivity (Wildman–Crippen MR) is 92.3 cm³/mol. The first-order valence-electron chi connectivity index (χ1n) is 8.74. The summed E-state index contributed by atoms with van der Waals surface area (Å²) >= 11 is 0. The Hall–Kier alpha value is -1.80. The van der Waals surface area contributed by atoms with E-state index >= 15 is 0 Å². The highest BCUT2D eigenvalue weighted by Crippen LogP contribution is 2.23. The second kappa shape index (κ2) is 9.05. The lowest BCUT2D eigenvalue weighted by Crippen LogP contribution is -2.56. The number of imide groups is 1. The fourth-order valence-corrected chi connectivity index (χ4v) is 2.21. The second-order valence-corrected chi connectivity index (χ2v) is 7.59. The van der Waals surface area contributed by atoms with Crippen molar-refractivity contribution in [3.63, 3.8) is 0 Å². The molecule has 0 bridgehead atoms. The van der Waals surface area contributed by atoms with Gasteiger partial charge in [0.05, 0.1) is 6.61 Å². The van der Waals surface area contributed by atoms with Gasteiger partial charge in [0, 0.05) is 12.3 Å². The second-order valence-electron chi connectivity index (χ2n) is 7.59. The van der Waals surface area contributed by atoms with E-state index in [9.17, 15) is 14.4 Å². The van der Waals surface area contributed by atoms with Crippen molar-refractivity contribution >= 4 is 23.8 Å². The number of hydrogen-bond acceptors (Lipinski definition) is 6. The van der Waals surface area contributed by atoms with Gasteiger partial charge < -0.3 is 4.74 Å². The SMILES string of the molecule is CC(C)CCC(=O)C1=N[N+](CC(C)C)(C(=O)NOCC(C)C)C(=O)O1. The van der Waals surface area contributed by atoms with Crippen LogP contribution >= 0.6 is 0 Å². The third-order valence-corrected chi connectivity index (χ3v) is 3.48. The summed E-state index contributed by atoms with van der Waals surface area (Å²) in [6, 6.07) is -0.758. The molecule has 1 heterocycles. The molecule has 0 aromatic carbocycles. The predicted octanol–water partition coefficient (Wildman–Crippen LogP) is 3.23. The fraction of sp³-hybridized carbons (Fsp3) is 0.765. The molecule has 0 aliphatic carbocycles. The van der Waals surface area contributed by atoms with Crippen molar-refractivity contribution in [1.82, 2.24) is 5.48 Å². The molecule has 1 unspecified atom stereocenters. The van der Waals surface area contributed by atoms with Gasteiger partial charge in [-0.25, -0.2) is 4.79 Å². The topological polar surface area (TPSA) is 94.1 Å². The first-order chi connectivity index (χ1) is 11.6. The number of carbonyl (C=O) groups is 3. The van der Waals surface area contributed by atoms with Crippen LogP contribution in [0.1, 0.15) is 54.4 Å². The van der Waals surface area contributed by atoms with Crippen molar-refractivity contribution < 1.29 is 28.6 Å². The first-order valence-corrected chi connectivity index (χ1v) is 8.74. The highest BCUT2D eigenvalue weighted by atomic mass is 16.7. The zero-order valence-electron chi connectivity index (χ0n) is 16.0. The van der Waals surface area contributed by atoms with Crippen molar-refractivity contribution in [3.8, 4) is 0 Å². The van der Waals surface area contributed by atoms with Crippen LogP contribution in [-0.4, -0.2) is 41.5 Å². The van der Waals surface area contributed by atoms with E-state index < -0.39 is 16.7 Å². The number of carbonyl (C=O) groups excluding carboxylic acids is 3. The lowest BCUT2D eigenvalue weighted by Gasteiger charge is -2.21. The normalized spacial score (nSPS) is 20.2. The van der Waals surface area contributed by atoms with E-state index in [1.54, 1.807) is 0 Å². The molecule has 3 amide bonds. The van der Waals surface area contributed by atoms with E-state index in [0.717, 1.165) is 0 Å². The maximum atomic E-state index is 12.5. The third-order valence-electron chi connectivity index (χ3n) is 3.48. The van der Waals surface area contributed by atoms with Gasteiger partial charge in [-0.2, -0.15) is 10.3 Å². The number of ether oxygens (including phenoxy) is 1. The van der Waals surface area contributed by atoms with Crippen LogP contribution in [0.2, 0.25) is 0 Å². The van der Waals surface area contributed by atoms with Gasteiger partial charge in [-0.15, -0.1) is 0 Å². The Balaban J connectivity index is 2.96. The molecule has 0 radical (unpaired) electrons. The van der Waals surface area contributed by atoms with E-state index in [0.29, 0.717) is 18.9 Å². The zero-order valence-corrected chi connectivity index (χ0v) is 16.0. The van der Waals surface area contributed by atoms with E-state index in [1.165, 1.54) is 0 Å². The first kappa shape index (κ1) is 21.2. The molecule has 8 nitrogen and oxygen atoms in total. The molecule has 8 heteroatoms. The minimum atomic E-state index is -0.960. The van der Waals surface area contributed by atoms with Crippen LogP contribution in [0.4, 0.5) is 9.59 Å². The lowest BCUT2D eigenvalue weighted by molar-refractivity contribution is -0.780. The molecule has 0 spiro atoms. The third kappa shape index (κ3) is 5.89. The highest BCUT2D eigenvalue weighted by Gasteiger charge is 2.56. The average Bonchev–Trinajstić information content (AvgIpc) is 2.81. The molecule has 142 valence electrons. The molecule has 1 atom stereocenters. The summed E-state index contributed by atoms with van der Waals surface area (Å²) in [5, 5.41) is 4.06. The van der Waals surface area contributed by atoms with Crippen LogP contribution in [0.25, 0.3) is 0 Å². The molecule has 0 aromatic rings. The molecule has 0 aromatic heterocycles. The maximum absolute atomic E-state index is 12.5. The smallest absolute Gasteiger partial charge is 0.350 e. The number of amides is 3. The van der Waals surface area contributed by atoms with Gasteiger partial charge >= 0.3 is 18.0 Å². The van der Waals surface area contributed by atoms with Crippen molar-refractivity contribution in [2.24, 2.45) is 22.9 Å². The van der Waals surface area contributed by atoms with Crippen molar-refractivity contribution in [3.05, 3.63) is 0 Å². The van der Waals surface area contributed by atoms with Crippen molar-refractivity contribution in [2.75, 3.05) is 13.2 Å². The molecule has 0 saturated heterocycles. The monoisotopic (exact) mass is 356 g/mol. The minimum absolute atomic E-state index is 0.0303. The van der Waals surface area contributed by atoms with Crippen LogP contribution in [0, 0.1) is 17.8 Å². The summed E-state index contributed by atoms with van der Waals surface area (Å²) in [5.74, 6) is -0.158. The highest BCUT2D eigenvalue weighted by molar-refractivity contribution is 6.38. The Morgan fingerprint density at radius 2 is 1.76 bits per heavy atom. The number of hydrogen-bond donors (Lipinski definition) is 1. The Kier molecular flexibility index (Phi) is 7.69. The van der Waals surface area contributed by atoms with E-state index in [4.69, 9.17) is 9.57 Å². The summed E-state index contributed by atoms with van der Waals surface area (Å²) in [4.78, 5) is 42.3. The quantitative estimate of drug-likeness (QED) is 0.505. The largest absolute Gasteiger partial charge is 0.560 e. The maximum Gasteiger partial charge on any atom is 0.560 e. The van der Waals surface area contributed by atoms with Crippen molar-refractivity contribution in [2.45, 2.75) is 54.4 Å². The van der Waals surface area contributed by atoms with Gasteiger partial charge in [0.15, 0.2) is 0 Å². The Labute approximate surface area is 149 Å². The summed E-state index contributed by atoms with van der Waals surface area (Å²) in [6.07, 6.45) is -0.00698. The summed E-state index contributed by atoms with van der Waals surface area (Å²) < 4.78 is 4.08. The number of rotatable bonds is 9. The van der Waals surface area contributed by atoms with E-state index in [-0.39, 0.29) is 36.5 Å². The molecule has 0 fully saturated rings. The number of nitrogens with zero attached hydrogens (tertiary/aromatic N) is 2. The molecular formula is C17H30N3O5+. The molecule has 1 rings (SSSR count). The lowest BCUT2D eigenvalue weighted by atomic mass is 10.1. The van der Waals surface area contributed by atoms with E-state index in [1.807, 2.05) is 41.5 Å². The Bertz CT molecular complexity index is 542.